The molecule has 1 aromatic rings. The number of aromatic nitrogens is 1. The second-order valence-electron chi connectivity index (χ2n) is 13.2. The summed E-state index contributed by atoms with van der Waals surface area (Å²) < 4.78 is 0. The lowest BCUT2D eigenvalue weighted by atomic mass is 9.51. The molecule has 2 saturated heterocycles. The van der Waals surface area contributed by atoms with Crippen molar-refractivity contribution >= 4 is 17.6 Å². The maximum absolute atomic E-state index is 12.4. The van der Waals surface area contributed by atoms with Crippen LogP contribution in [0.5, 0.6) is 0 Å². The maximum Gasteiger partial charge on any atom is 0.237 e. The molecular weight excluding hydrogens is 570 g/mol. The first kappa shape index (κ1) is 34.1. The largest absolute Gasteiger partial charge is 0.390 e. The van der Waals surface area contributed by atoms with Crippen LogP contribution in [0.1, 0.15) is 77.2 Å². The minimum atomic E-state index is -0.497. The smallest absolute Gasteiger partial charge is 0.237 e. The van der Waals surface area contributed by atoms with Gasteiger partial charge in [-0.25, -0.2) is 4.98 Å². The number of likely N-dealkylation sites (tertiary alicyclic amines) is 2. The molecule has 0 radical (unpaired) electrons. The molecule has 3 heterocycles. The third-order valence-corrected chi connectivity index (χ3v) is 9.87. The van der Waals surface area contributed by atoms with Gasteiger partial charge in [-0.05, 0) is 88.2 Å². The van der Waals surface area contributed by atoms with Gasteiger partial charge in [0.2, 0.25) is 11.8 Å². The van der Waals surface area contributed by atoms with Crippen LogP contribution in [0, 0.1) is 45.8 Å². The summed E-state index contributed by atoms with van der Waals surface area (Å²) in [5, 5.41) is 47.2. The van der Waals surface area contributed by atoms with Crippen molar-refractivity contribution < 1.29 is 14.7 Å². The second-order valence-corrected chi connectivity index (χ2v) is 13.2. The number of aliphatic hydroxyl groups is 1. The van der Waals surface area contributed by atoms with Gasteiger partial charge < -0.3 is 30.9 Å². The van der Waals surface area contributed by atoms with Gasteiger partial charge in [0.25, 0.3) is 0 Å². The number of nitrogens with zero attached hydrogens (tertiary/aromatic N) is 6. The van der Waals surface area contributed by atoms with Gasteiger partial charge >= 0.3 is 0 Å². The number of rotatable bonds is 9. The zero-order valence-electron chi connectivity index (χ0n) is 25.3. The van der Waals surface area contributed by atoms with Crippen LogP contribution < -0.4 is 16.0 Å². The van der Waals surface area contributed by atoms with E-state index < -0.39 is 5.60 Å². The van der Waals surface area contributed by atoms with Crippen molar-refractivity contribution in [3.63, 3.8) is 0 Å². The first-order valence-corrected chi connectivity index (χ1v) is 15.9. The van der Waals surface area contributed by atoms with Gasteiger partial charge in [-0.2, -0.15) is 15.8 Å². The van der Waals surface area contributed by atoms with E-state index in [0.717, 1.165) is 57.8 Å². The standard InChI is InChI=1S/C17H25N3O2.C15H18N6O.CH4/c18-9-14-2-1-3-20(14)15(21)10-19-16-5-12-4-13(6-16)8-17(22,7-12)11-16;16-8-12-3-4-14(20-10-12)19-6-5-18-11-15(22)21-7-1-2-13(21)9-17;/h12-14,19,22H,1-8,10-11H2;3-4,10,13,18H,1-2,5-7,11H2,(H,19,20);1H4/t12?,13?,14-,16?,17?;13-;/m00./s1. The molecule has 0 spiro atoms. The second kappa shape index (κ2) is 15.0. The number of nitriles is 3. The highest BCUT2D eigenvalue weighted by Crippen LogP contribution is 2.57. The number of hydrogen-bond acceptors (Lipinski definition) is 10. The molecule has 2 aliphatic heterocycles. The van der Waals surface area contributed by atoms with Crippen LogP contribution in [-0.2, 0) is 9.59 Å². The van der Waals surface area contributed by atoms with Crippen molar-refractivity contribution in [1.82, 2.24) is 25.4 Å². The fraction of sp³-hybridized carbons (Fsp3) is 0.697. The average molecular weight is 618 g/mol. The fourth-order valence-corrected chi connectivity index (χ4v) is 8.32. The molecule has 4 saturated carbocycles. The molecule has 12 nitrogen and oxygen atoms in total. The molecule has 4 atom stereocenters. The van der Waals surface area contributed by atoms with Gasteiger partial charge in [0.15, 0.2) is 0 Å². The Morgan fingerprint density at radius 3 is 2.09 bits per heavy atom. The Morgan fingerprint density at radius 2 is 1.56 bits per heavy atom. The van der Waals surface area contributed by atoms with Crippen molar-refractivity contribution in [2.75, 3.05) is 44.6 Å². The summed E-state index contributed by atoms with van der Waals surface area (Å²) in [6.45, 7) is 3.16. The van der Waals surface area contributed by atoms with Crippen molar-refractivity contribution in [1.29, 1.82) is 15.8 Å². The predicted molar refractivity (Wildman–Crippen MR) is 168 cm³/mol. The first-order valence-electron chi connectivity index (χ1n) is 15.9. The fourth-order valence-electron chi connectivity index (χ4n) is 8.32. The summed E-state index contributed by atoms with van der Waals surface area (Å²) in [6, 6.07) is 9.33. The summed E-state index contributed by atoms with van der Waals surface area (Å²) in [4.78, 5) is 31.9. The van der Waals surface area contributed by atoms with Gasteiger partial charge in [-0.3, -0.25) is 9.59 Å². The number of nitrogens with one attached hydrogen (secondary N) is 3. The Kier molecular flexibility index (Phi) is 11.4. The lowest BCUT2D eigenvalue weighted by Crippen LogP contribution is -2.65. The minimum absolute atomic E-state index is 0. The van der Waals surface area contributed by atoms with E-state index in [-0.39, 0.29) is 43.4 Å². The lowest BCUT2D eigenvalue weighted by Gasteiger charge is -2.60. The van der Waals surface area contributed by atoms with Crippen LogP contribution in [0.25, 0.3) is 0 Å². The van der Waals surface area contributed by atoms with E-state index in [1.807, 2.05) is 6.07 Å². The summed E-state index contributed by atoms with van der Waals surface area (Å²) in [7, 11) is 0. The Hall–Kier alpha value is -3.76. The summed E-state index contributed by atoms with van der Waals surface area (Å²) in [5.41, 5.74) is -0.0220. The molecule has 0 aromatic carbocycles. The van der Waals surface area contributed by atoms with Crippen molar-refractivity contribution in [3.05, 3.63) is 23.9 Å². The molecule has 4 N–H and O–H groups in total. The van der Waals surface area contributed by atoms with Gasteiger partial charge in [0.1, 0.15) is 24.0 Å². The van der Waals surface area contributed by atoms with Crippen LogP contribution >= 0.6 is 0 Å². The molecule has 2 unspecified atom stereocenters. The van der Waals surface area contributed by atoms with Crippen molar-refractivity contribution in [3.8, 4) is 18.2 Å². The molecule has 6 fully saturated rings. The van der Waals surface area contributed by atoms with Crippen LogP contribution in [0.2, 0.25) is 0 Å². The number of anilines is 1. The number of carbonyl (C=O) groups is 2. The topological polar surface area (TPSA) is 181 Å². The summed E-state index contributed by atoms with van der Waals surface area (Å²) >= 11 is 0. The third-order valence-electron chi connectivity index (χ3n) is 9.87. The Labute approximate surface area is 266 Å². The maximum atomic E-state index is 12.4. The molecule has 7 rings (SSSR count). The Morgan fingerprint density at radius 1 is 0.933 bits per heavy atom. The number of amides is 2. The van der Waals surface area contributed by atoms with Crippen molar-refractivity contribution in [2.45, 2.75) is 94.9 Å². The lowest BCUT2D eigenvalue weighted by molar-refractivity contribution is -0.147. The number of pyridine rings is 1. The molecule has 2 amide bonds. The quantitative estimate of drug-likeness (QED) is 0.300. The predicted octanol–water partition coefficient (Wildman–Crippen LogP) is 2.28. The van der Waals surface area contributed by atoms with Crippen LogP contribution in [0.4, 0.5) is 5.82 Å². The molecule has 242 valence electrons. The monoisotopic (exact) mass is 617 g/mol. The molecule has 4 bridgehead atoms. The van der Waals surface area contributed by atoms with Crippen LogP contribution in [0.3, 0.4) is 0 Å². The zero-order valence-corrected chi connectivity index (χ0v) is 25.3. The van der Waals surface area contributed by atoms with Gasteiger partial charge in [-0.15, -0.1) is 0 Å². The SMILES string of the molecule is C.N#C[C@@H]1CCCN1C(=O)CNC12CC3CC(CC(O)(C3)C1)C2.N#Cc1ccc(NCCNCC(=O)N2CCC[C@H]2C#N)nc1. The zero-order chi connectivity index (χ0) is 31.2. The van der Waals surface area contributed by atoms with Crippen molar-refractivity contribution in [2.24, 2.45) is 11.8 Å². The molecule has 1 aromatic heterocycles. The van der Waals surface area contributed by atoms with E-state index in [9.17, 15) is 14.7 Å². The molecular formula is C33H47N9O3. The average Bonchev–Trinajstić information content (AvgIpc) is 3.69. The van der Waals surface area contributed by atoms with Gasteiger partial charge in [0.05, 0.1) is 36.4 Å². The molecule has 4 aliphatic carbocycles. The molecule has 12 heteroatoms. The molecule has 6 aliphatic rings. The third kappa shape index (κ3) is 8.29. The highest BCUT2D eigenvalue weighted by molar-refractivity contribution is 5.79. The number of hydrogen-bond donors (Lipinski definition) is 4. The van der Waals surface area contributed by atoms with E-state index in [1.54, 1.807) is 21.9 Å². The van der Waals surface area contributed by atoms with E-state index >= 15 is 0 Å². The highest BCUT2D eigenvalue weighted by atomic mass is 16.3. The summed E-state index contributed by atoms with van der Waals surface area (Å²) in [5.74, 6) is 1.95. The first-order chi connectivity index (χ1) is 21.2. The Bertz CT molecular complexity index is 1300. The van der Waals surface area contributed by atoms with Gasteiger partial charge in [0, 0.05) is 37.9 Å². The normalized spacial score (nSPS) is 30.7. The van der Waals surface area contributed by atoms with E-state index in [4.69, 9.17) is 15.8 Å². The highest BCUT2D eigenvalue weighted by Gasteiger charge is 2.57. The van der Waals surface area contributed by atoms with Crippen LogP contribution in [-0.4, -0.2) is 94.2 Å². The molecule has 45 heavy (non-hydrogen) atoms. The minimum Gasteiger partial charge on any atom is -0.390 e. The Balaban J connectivity index is 0.000000200. The van der Waals surface area contributed by atoms with E-state index in [2.05, 4.69) is 33.1 Å². The van der Waals surface area contributed by atoms with Crippen LogP contribution in [0.15, 0.2) is 18.3 Å². The number of carbonyl (C=O) groups excluding carboxylic acids is 2. The summed E-state index contributed by atoms with van der Waals surface area (Å²) in [6.07, 6.45) is 11.0. The van der Waals surface area contributed by atoms with E-state index in [1.165, 1.54) is 12.6 Å². The van der Waals surface area contributed by atoms with E-state index in [0.29, 0.717) is 55.9 Å². The van der Waals surface area contributed by atoms with Gasteiger partial charge in [-0.1, -0.05) is 7.43 Å².